The van der Waals surface area contributed by atoms with Gasteiger partial charge in [0.25, 0.3) is 0 Å². The maximum absolute atomic E-state index is 12.8. The van der Waals surface area contributed by atoms with Crippen LogP contribution in [0.15, 0.2) is 53.4 Å². The zero-order chi connectivity index (χ0) is 18.7. The van der Waals surface area contributed by atoms with Gasteiger partial charge in [0.2, 0.25) is 11.8 Å². The van der Waals surface area contributed by atoms with Crippen LogP contribution in [0.3, 0.4) is 0 Å². The largest absolute Gasteiger partial charge is 0.326 e. The van der Waals surface area contributed by atoms with Gasteiger partial charge in [-0.05, 0) is 55.1 Å². The summed E-state index contributed by atoms with van der Waals surface area (Å²) < 4.78 is 0. The second kappa shape index (κ2) is 8.18. The number of carbonyl (C=O) groups excluding carboxylic acids is 2. The van der Waals surface area contributed by atoms with Crippen LogP contribution in [0.2, 0.25) is 0 Å². The predicted octanol–water partition coefficient (Wildman–Crippen LogP) is 4.92. The smallest absolute Gasteiger partial charge is 0.241 e. The van der Waals surface area contributed by atoms with E-state index in [0.29, 0.717) is 6.42 Å². The highest BCUT2D eigenvalue weighted by molar-refractivity contribution is 8.01. The molecule has 1 heterocycles. The summed E-state index contributed by atoms with van der Waals surface area (Å²) in [5.41, 5.74) is 2.71. The number of thioether (sulfide) groups is 2. The SMILES string of the molecule is CCC(=O)Nc1ccc(N2C(=O)[C@H](C)S[C@@H]2c2ccc(SC)cc2)cc1. The number of carbonyl (C=O) groups is 2. The lowest BCUT2D eigenvalue weighted by molar-refractivity contribution is -0.117. The minimum atomic E-state index is -0.0836. The molecule has 3 rings (SSSR count). The van der Waals surface area contributed by atoms with Crippen LogP contribution in [0.25, 0.3) is 0 Å². The van der Waals surface area contributed by atoms with Gasteiger partial charge in [0.1, 0.15) is 5.37 Å². The molecule has 136 valence electrons. The van der Waals surface area contributed by atoms with E-state index in [1.54, 1.807) is 23.5 Å². The lowest BCUT2D eigenvalue weighted by atomic mass is 10.1. The third kappa shape index (κ3) is 3.91. The summed E-state index contributed by atoms with van der Waals surface area (Å²) in [6, 6.07) is 15.9. The van der Waals surface area contributed by atoms with Crippen LogP contribution in [0.5, 0.6) is 0 Å². The Hall–Kier alpha value is -1.92. The molecule has 1 saturated heterocycles. The molecule has 26 heavy (non-hydrogen) atoms. The Bertz CT molecular complexity index is 790. The quantitative estimate of drug-likeness (QED) is 0.741. The van der Waals surface area contributed by atoms with Crippen LogP contribution in [-0.4, -0.2) is 23.3 Å². The fraction of sp³-hybridized carbons (Fsp3) is 0.300. The van der Waals surface area contributed by atoms with Gasteiger partial charge in [0, 0.05) is 22.7 Å². The number of hydrogen-bond acceptors (Lipinski definition) is 4. The van der Waals surface area contributed by atoms with Crippen molar-refractivity contribution in [3.63, 3.8) is 0 Å². The molecule has 1 N–H and O–H groups in total. The molecule has 0 spiro atoms. The molecule has 1 aliphatic rings. The molecule has 2 atom stereocenters. The summed E-state index contributed by atoms with van der Waals surface area (Å²) >= 11 is 3.37. The molecule has 0 radical (unpaired) electrons. The van der Waals surface area contributed by atoms with Gasteiger partial charge in [-0.25, -0.2) is 0 Å². The van der Waals surface area contributed by atoms with Crippen molar-refractivity contribution in [2.45, 2.75) is 35.8 Å². The van der Waals surface area contributed by atoms with E-state index in [2.05, 4.69) is 35.8 Å². The van der Waals surface area contributed by atoms with Crippen LogP contribution in [-0.2, 0) is 9.59 Å². The zero-order valence-electron chi connectivity index (χ0n) is 15.1. The molecule has 1 aliphatic heterocycles. The minimum Gasteiger partial charge on any atom is -0.326 e. The van der Waals surface area contributed by atoms with Gasteiger partial charge < -0.3 is 5.32 Å². The van der Waals surface area contributed by atoms with Crippen molar-refractivity contribution in [2.75, 3.05) is 16.5 Å². The van der Waals surface area contributed by atoms with Gasteiger partial charge in [0.05, 0.1) is 5.25 Å². The van der Waals surface area contributed by atoms with E-state index >= 15 is 0 Å². The van der Waals surface area contributed by atoms with Gasteiger partial charge in [-0.3, -0.25) is 14.5 Å². The van der Waals surface area contributed by atoms with E-state index in [0.717, 1.165) is 16.9 Å². The second-order valence-electron chi connectivity index (χ2n) is 6.06. The molecule has 0 aliphatic carbocycles. The van der Waals surface area contributed by atoms with Gasteiger partial charge in [0.15, 0.2) is 0 Å². The van der Waals surface area contributed by atoms with Crippen LogP contribution in [0.1, 0.15) is 31.2 Å². The number of benzene rings is 2. The number of rotatable bonds is 5. The van der Waals surface area contributed by atoms with E-state index in [-0.39, 0.29) is 22.4 Å². The summed E-state index contributed by atoms with van der Waals surface area (Å²) in [4.78, 5) is 27.3. The van der Waals surface area contributed by atoms with Crippen LogP contribution < -0.4 is 10.2 Å². The first-order valence-corrected chi connectivity index (χ1v) is 10.7. The molecule has 6 heteroatoms. The molecule has 0 saturated carbocycles. The Kier molecular flexibility index (Phi) is 5.94. The number of hydrogen-bond donors (Lipinski definition) is 1. The second-order valence-corrected chi connectivity index (χ2v) is 8.37. The fourth-order valence-corrected chi connectivity index (χ4v) is 4.52. The Morgan fingerprint density at radius 1 is 1.15 bits per heavy atom. The zero-order valence-corrected chi connectivity index (χ0v) is 16.7. The van der Waals surface area contributed by atoms with Crippen molar-refractivity contribution in [1.82, 2.24) is 0 Å². The number of nitrogens with zero attached hydrogens (tertiary/aromatic N) is 1. The van der Waals surface area contributed by atoms with E-state index in [1.807, 2.05) is 43.0 Å². The van der Waals surface area contributed by atoms with Crippen LogP contribution >= 0.6 is 23.5 Å². The lowest BCUT2D eigenvalue weighted by Crippen LogP contribution is -2.30. The van der Waals surface area contributed by atoms with Crippen LogP contribution in [0.4, 0.5) is 11.4 Å². The van der Waals surface area contributed by atoms with Gasteiger partial charge in [-0.15, -0.1) is 23.5 Å². The maximum Gasteiger partial charge on any atom is 0.241 e. The first-order valence-electron chi connectivity index (χ1n) is 8.56. The minimum absolute atomic E-state index is 0.0223. The highest BCUT2D eigenvalue weighted by Gasteiger charge is 2.39. The van der Waals surface area contributed by atoms with Gasteiger partial charge >= 0.3 is 0 Å². The van der Waals surface area contributed by atoms with Crippen molar-refractivity contribution in [3.05, 3.63) is 54.1 Å². The highest BCUT2D eigenvalue weighted by atomic mass is 32.2. The predicted molar refractivity (Wildman–Crippen MR) is 111 cm³/mol. The van der Waals surface area contributed by atoms with Gasteiger partial charge in [-0.1, -0.05) is 19.1 Å². The summed E-state index contributed by atoms with van der Waals surface area (Å²) in [6.07, 6.45) is 2.49. The first kappa shape index (κ1) is 18.9. The summed E-state index contributed by atoms with van der Waals surface area (Å²) in [5, 5.41) is 2.71. The molecule has 0 unspecified atom stereocenters. The number of anilines is 2. The monoisotopic (exact) mass is 386 g/mol. The maximum atomic E-state index is 12.8. The Balaban J connectivity index is 1.87. The van der Waals surface area contributed by atoms with Gasteiger partial charge in [-0.2, -0.15) is 0 Å². The fourth-order valence-electron chi connectivity index (χ4n) is 2.84. The number of amides is 2. The average Bonchev–Trinajstić information content (AvgIpc) is 2.97. The number of nitrogens with one attached hydrogen (secondary N) is 1. The molecule has 2 amide bonds. The normalized spacial score (nSPS) is 19.7. The molecule has 1 fully saturated rings. The Morgan fingerprint density at radius 3 is 2.38 bits per heavy atom. The van der Waals surface area contributed by atoms with E-state index in [1.165, 1.54) is 4.90 Å². The molecule has 2 aromatic carbocycles. The summed E-state index contributed by atoms with van der Waals surface area (Å²) in [6.45, 7) is 3.77. The van der Waals surface area contributed by atoms with Crippen molar-refractivity contribution in [3.8, 4) is 0 Å². The summed E-state index contributed by atoms with van der Waals surface area (Å²) in [5.74, 6) is 0.0882. The van der Waals surface area contributed by atoms with E-state index < -0.39 is 0 Å². The first-order chi connectivity index (χ1) is 12.5. The average molecular weight is 387 g/mol. The van der Waals surface area contributed by atoms with Crippen LogP contribution in [0, 0.1) is 0 Å². The molecular formula is C20H22N2O2S2. The van der Waals surface area contributed by atoms with Crippen molar-refractivity contribution in [2.24, 2.45) is 0 Å². The van der Waals surface area contributed by atoms with E-state index in [9.17, 15) is 9.59 Å². The molecule has 4 nitrogen and oxygen atoms in total. The van der Waals surface area contributed by atoms with Crippen molar-refractivity contribution in [1.29, 1.82) is 0 Å². The van der Waals surface area contributed by atoms with Crippen molar-refractivity contribution >= 4 is 46.7 Å². The molecule has 2 aromatic rings. The van der Waals surface area contributed by atoms with Crippen molar-refractivity contribution < 1.29 is 9.59 Å². The molecule has 0 bridgehead atoms. The topological polar surface area (TPSA) is 49.4 Å². The standard InChI is InChI=1S/C20H22N2O2S2/c1-4-18(23)21-15-7-9-16(10-8-15)22-19(24)13(2)26-20(22)14-5-11-17(25-3)12-6-14/h5-13,20H,4H2,1-3H3,(H,21,23)/t13-,20+/m0/s1. The third-order valence-electron chi connectivity index (χ3n) is 4.30. The third-order valence-corrected chi connectivity index (χ3v) is 6.40. The summed E-state index contributed by atoms with van der Waals surface area (Å²) in [7, 11) is 0. The lowest BCUT2D eigenvalue weighted by Gasteiger charge is -2.24. The van der Waals surface area contributed by atoms with E-state index in [4.69, 9.17) is 0 Å². The molecule has 0 aromatic heterocycles. The Morgan fingerprint density at radius 2 is 1.81 bits per heavy atom. The highest BCUT2D eigenvalue weighted by Crippen LogP contribution is 2.45. The molecular weight excluding hydrogens is 364 g/mol. The Labute approximate surface area is 162 Å².